The number of hydrogen-bond acceptors (Lipinski definition) is 7. The zero-order chi connectivity index (χ0) is 23.8. The number of hydrogen-bond donors (Lipinski definition) is 2. The monoisotopic (exact) mass is 468 g/mol. The lowest BCUT2D eigenvalue weighted by atomic mass is 9.94. The Morgan fingerprint density at radius 3 is 2.68 bits per heavy atom. The lowest BCUT2D eigenvalue weighted by molar-refractivity contribution is -0.148. The molecule has 2 aromatic rings. The first-order chi connectivity index (χ1) is 16.4. The van der Waals surface area contributed by atoms with Crippen LogP contribution in [0.15, 0.2) is 36.4 Å². The molecule has 0 unspecified atom stereocenters. The molecule has 2 aromatic carbocycles. The number of fused-ring (bicyclic) bond motifs is 3. The molecule has 0 bridgehead atoms. The average Bonchev–Trinajstić information content (AvgIpc) is 3.29. The van der Waals surface area contributed by atoms with E-state index in [2.05, 4.69) is 5.32 Å². The number of nitrogens with one attached hydrogen (secondary N) is 1. The molecule has 1 saturated heterocycles. The van der Waals surface area contributed by atoms with Gasteiger partial charge in [0.2, 0.25) is 6.79 Å². The van der Waals surface area contributed by atoms with Crippen molar-refractivity contribution in [2.45, 2.75) is 37.5 Å². The number of benzene rings is 2. The molecule has 1 fully saturated rings. The smallest absolute Gasteiger partial charge is 0.305 e. The van der Waals surface area contributed by atoms with Crippen LogP contribution in [0, 0.1) is 0 Å². The third kappa shape index (κ3) is 4.24. The molecule has 10 nitrogen and oxygen atoms in total. The van der Waals surface area contributed by atoms with E-state index in [1.807, 2.05) is 0 Å². The molecule has 178 valence electrons. The first kappa shape index (κ1) is 22.0. The molecule has 0 saturated carbocycles. The second-order valence-corrected chi connectivity index (χ2v) is 8.50. The average molecular weight is 468 g/mol. The predicted octanol–water partition coefficient (Wildman–Crippen LogP) is 2.52. The molecule has 34 heavy (non-hydrogen) atoms. The summed E-state index contributed by atoms with van der Waals surface area (Å²) in [6, 6.07) is 9.56. The Labute approximate surface area is 195 Å². The number of amides is 2. The number of nitrogens with zero attached hydrogens (tertiary/aromatic N) is 1. The van der Waals surface area contributed by atoms with E-state index in [-0.39, 0.29) is 37.7 Å². The van der Waals surface area contributed by atoms with E-state index in [0.717, 1.165) is 0 Å². The van der Waals surface area contributed by atoms with Crippen molar-refractivity contribution in [1.29, 1.82) is 0 Å². The molecule has 10 heteroatoms. The van der Waals surface area contributed by atoms with Crippen molar-refractivity contribution in [3.63, 3.8) is 0 Å². The summed E-state index contributed by atoms with van der Waals surface area (Å²) in [4.78, 5) is 38.7. The number of rotatable bonds is 4. The Hall–Kier alpha value is -3.79. The Bertz CT molecular complexity index is 1150. The van der Waals surface area contributed by atoms with Crippen LogP contribution in [0.4, 0.5) is 5.69 Å². The summed E-state index contributed by atoms with van der Waals surface area (Å²) >= 11 is 0. The van der Waals surface area contributed by atoms with Crippen LogP contribution in [0.3, 0.4) is 0 Å². The van der Waals surface area contributed by atoms with Crippen LogP contribution in [0.25, 0.3) is 0 Å². The van der Waals surface area contributed by atoms with Gasteiger partial charge in [-0.15, -0.1) is 0 Å². The lowest BCUT2D eigenvalue weighted by Crippen LogP contribution is -2.53. The van der Waals surface area contributed by atoms with Crippen molar-refractivity contribution in [3.05, 3.63) is 47.5 Å². The summed E-state index contributed by atoms with van der Waals surface area (Å²) in [5, 5.41) is 11.9. The number of anilines is 1. The SMILES string of the molecule is CN1C(=O)c2cc(NC(=O)c3ccc4c(c3)OCO4)ccc2OC[C@@H]2O[C@@H](CC(=O)O)CC[C@@H]21. The normalized spacial score (nSPS) is 23.1. The van der Waals surface area contributed by atoms with Crippen molar-refractivity contribution >= 4 is 23.5 Å². The summed E-state index contributed by atoms with van der Waals surface area (Å²) in [7, 11) is 1.70. The van der Waals surface area contributed by atoms with Gasteiger partial charge in [0, 0.05) is 18.3 Å². The van der Waals surface area contributed by atoms with E-state index in [1.165, 1.54) is 0 Å². The number of ether oxygens (including phenoxy) is 4. The van der Waals surface area contributed by atoms with Crippen LogP contribution in [0.5, 0.6) is 17.2 Å². The van der Waals surface area contributed by atoms with Crippen LogP contribution < -0.4 is 19.5 Å². The Balaban J connectivity index is 1.34. The zero-order valence-electron chi connectivity index (χ0n) is 18.5. The predicted molar refractivity (Wildman–Crippen MR) is 118 cm³/mol. The van der Waals surface area contributed by atoms with Crippen molar-refractivity contribution in [2.75, 3.05) is 25.8 Å². The van der Waals surface area contributed by atoms with E-state index in [1.54, 1.807) is 48.3 Å². The fraction of sp³-hybridized carbons (Fsp3) is 0.375. The minimum atomic E-state index is -0.916. The third-order valence-corrected chi connectivity index (χ3v) is 6.31. The van der Waals surface area contributed by atoms with E-state index < -0.39 is 18.2 Å². The fourth-order valence-corrected chi connectivity index (χ4v) is 4.54. The quantitative estimate of drug-likeness (QED) is 0.702. The molecule has 2 N–H and O–H groups in total. The molecule has 5 rings (SSSR count). The number of carbonyl (C=O) groups excluding carboxylic acids is 2. The van der Waals surface area contributed by atoms with Gasteiger partial charge in [-0.05, 0) is 49.2 Å². The van der Waals surface area contributed by atoms with Gasteiger partial charge in [-0.25, -0.2) is 0 Å². The van der Waals surface area contributed by atoms with Gasteiger partial charge in [0.25, 0.3) is 11.8 Å². The third-order valence-electron chi connectivity index (χ3n) is 6.31. The van der Waals surface area contributed by atoms with E-state index in [4.69, 9.17) is 24.1 Å². The van der Waals surface area contributed by atoms with Gasteiger partial charge in [-0.1, -0.05) is 0 Å². The summed E-state index contributed by atoms with van der Waals surface area (Å²) < 4.78 is 22.5. The molecular formula is C24H24N2O8. The van der Waals surface area contributed by atoms with E-state index in [0.29, 0.717) is 46.9 Å². The minimum absolute atomic E-state index is 0.0795. The minimum Gasteiger partial charge on any atom is -0.490 e. The molecule has 0 aromatic heterocycles. The number of aliphatic carboxylic acids is 1. The van der Waals surface area contributed by atoms with Crippen LogP contribution in [-0.2, 0) is 9.53 Å². The fourth-order valence-electron chi connectivity index (χ4n) is 4.54. The second-order valence-electron chi connectivity index (χ2n) is 8.50. The molecule has 0 spiro atoms. The molecule has 0 aliphatic carbocycles. The van der Waals surface area contributed by atoms with Crippen LogP contribution in [0.2, 0.25) is 0 Å². The van der Waals surface area contributed by atoms with E-state index in [9.17, 15) is 14.4 Å². The van der Waals surface area contributed by atoms with Gasteiger partial charge in [0.15, 0.2) is 11.5 Å². The Kier molecular flexibility index (Phi) is 5.74. The maximum Gasteiger partial charge on any atom is 0.305 e. The van der Waals surface area contributed by atoms with Gasteiger partial charge in [-0.3, -0.25) is 14.4 Å². The first-order valence-corrected chi connectivity index (χ1v) is 11.0. The molecule has 3 atom stereocenters. The molecule has 2 amide bonds. The van der Waals surface area contributed by atoms with Crippen molar-refractivity contribution in [1.82, 2.24) is 4.90 Å². The first-order valence-electron chi connectivity index (χ1n) is 11.0. The number of carboxylic acids is 1. The standard InChI is InChI=1S/C24H24N2O8/c1-26-17-5-4-15(10-22(27)28)34-21(17)11-31-18-7-3-14(9-16(18)24(26)30)25-23(29)13-2-6-19-20(8-13)33-12-32-19/h2-3,6-9,15,17,21H,4-5,10-12H2,1H3,(H,25,29)(H,27,28)/t15-,17+,21+/m1/s1. The van der Waals surface area contributed by atoms with Crippen molar-refractivity contribution in [2.24, 2.45) is 0 Å². The zero-order valence-corrected chi connectivity index (χ0v) is 18.5. The van der Waals surface area contributed by atoms with Gasteiger partial charge in [0.05, 0.1) is 24.1 Å². The van der Waals surface area contributed by atoms with Gasteiger partial charge < -0.3 is 34.3 Å². The van der Waals surface area contributed by atoms with Gasteiger partial charge in [0.1, 0.15) is 18.5 Å². The molecular weight excluding hydrogens is 444 g/mol. The van der Waals surface area contributed by atoms with Crippen LogP contribution in [0.1, 0.15) is 40.0 Å². The maximum absolute atomic E-state index is 13.3. The highest BCUT2D eigenvalue weighted by Gasteiger charge is 2.39. The summed E-state index contributed by atoms with van der Waals surface area (Å²) in [5.41, 5.74) is 1.18. The van der Waals surface area contributed by atoms with Gasteiger partial charge >= 0.3 is 5.97 Å². The van der Waals surface area contributed by atoms with Gasteiger partial charge in [-0.2, -0.15) is 0 Å². The Morgan fingerprint density at radius 2 is 1.85 bits per heavy atom. The van der Waals surface area contributed by atoms with Crippen molar-refractivity contribution in [3.8, 4) is 17.2 Å². The summed E-state index contributed by atoms with van der Waals surface area (Å²) in [6.45, 7) is 0.308. The van der Waals surface area contributed by atoms with Crippen molar-refractivity contribution < 1.29 is 38.4 Å². The summed E-state index contributed by atoms with van der Waals surface area (Å²) in [6.07, 6.45) is 0.251. The molecule has 0 radical (unpaired) electrons. The summed E-state index contributed by atoms with van der Waals surface area (Å²) in [5.74, 6) is -0.0607. The number of likely N-dealkylation sites (N-methyl/N-ethyl adjacent to an activating group) is 1. The molecule has 3 aliphatic rings. The number of carboxylic acid groups (broad SMARTS) is 1. The van der Waals surface area contributed by atoms with Crippen LogP contribution in [-0.4, -0.2) is 66.5 Å². The van der Waals surface area contributed by atoms with Crippen LogP contribution >= 0.6 is 0 Å². The number of carbonyl (C=O) groups is 3. The maximum atomic E-state index is 13.3. The largest absolute Gasteiger partial charge is 0.490 e. The molecule has 3 aliphatic heterocycles. The molecule has 3 heterocycles. The Morgan fingerprint density at radius 1 is 1.06 bits per heavy atom. The topological polar surface area (TPSA) is 124 Å². The highest BCUT2D eigenvalue weighted by Crippen LogP contribution is 2.34. The highest BCUT2D eigenvalue weighted by molar-refractivity contribution is 6.06. The highest BCUT2D eigenvalue weighted by atomic mass is 16.7. The lowest BCUT2D eigenvalue weighted by Gasteiger charge is -2.42. The van der Waals surface area contributed by atoms with E-state index >= 15 is 0 Å². The second kappa shape index (κ2) is 8.86.